The molecule has 0 fully saturated rings. The molecule has 0 aromatic carbocycles. The predicted octanol–water partition coefficient (Wildman–Crippen LogP) is -4.03. The molecule has 1 atom stereocenters. The lowest BCUT2D eigenvalue weighted by Gasteiger charge is -2.09. The molecule has 0 aromatic heterocycles. The van der Waals surface area contributed by atoms with Gasteiger partial charge in [-0.05, 0) is 0 Å². The van der Waals surface area contributed by atoms with Crippen LogP contribution >= 0.6 is 0 Å². The second kappa shape index (κ2) is 24.0. The number of aliphatic hydroxyl groups is 2. The number of likely N-dealkylation sites (N-methyl/N-ethyl adjacent to an activating group) is 1. The van der Waals surface area contributed by atoms with E-state index in [1.54, 1.807) is 0 Å². The fraction of sp³-hybridized carbons (Fsp3) is 0.667. The Balaban J connectivity index is -0.000000221. The van der Waals surface area contributed by atoms with Gasteiger partial charge in [0, 0.05) is 61.2 Å². The van der Waals surface area contributed by atoms with Gasteiger partial charge < -0.3 is 42.1 Å². The second-order valence-electron chi connectivity index (χ2n) is 5.35. The molecule has 188 valence electrons. The van der Waals surface area contributed by atoms with E-state index in [1.165, 1.54) is 28.2 Å². The van der Waals surface area contributed by atoms with Gasteiger partial charge in [0.05, 0.1) is 0 Å². The van der Waals surface area contributed by atoms with E-state index in [9.17, 15) is 28.8 Å². The van der Waals surface area contributed by atoms with Crippen molar-refractivity contribution in [2.45, 2.75) is 32.8 Å². The van der Waals surface area contributed by atoms with Crippen LogP contribution < -0.4 is 31.9 Å². The van der Waals surface area contributed by atoms with Crippen molar-refractivity contribution >= 4 is 35.4 Å². The Labute approximate surface area is 188 Å². The van der Waals surface area contributed by atoms with Crippen molar-refractivity contribution in [1.29, 1.82) is 0 Å². The molecule has 1 unspecified atom stereocenters. The van der Waals surface area contributed by atoms with Crippen molar-refractivity contribution < 1.29 is 39.0 Å². The number of carbonyl (C=O) groups is 6. The smallest absolute Gasteiger partial charge is 0.258 e. The minimum atomic E-state index is -1.74. The maximum Gasteiger partial charge on any atom is 0.258 e. The van der Waals surface area contributed by atoms with Gasteiger partial charge >= 0.3 is 0 Å². The lowest BCUT2D eigenvalue weighted by molar-refractivity contribution is -0.141. The SMILES string of the molecule is C.CNC(=O)CCNC(=O)C(O)C(=O)NC.CNC(=O)CCNC(=O)CC(=O)NC.CO. The summed E-state index contributed by atoms with van der Waals surface area (Å²) in [5, 5.41) is 30.0. The third kappa shape index (κ3) is 21.4. The number of rotatable bonds is 10. The van der Waals surface area contributed by atoms with Crippen molar-refractivity contribution in [2.24, 2.45) is 0 Å². The highest BCUT2D eigenvalue weighted by Crippen LogP contribution is 1.84. The predicted molar refractivity (Wildman–Crippen MR) is 117 cm³/mol. The van der Waals surface area contributed by atoms with Crippen molar-refractivity contribution in [3.63, 3.8) is 0 Å². The van der Waals surface area contributed by atoms with E-state index in [0.717, 1.165) is 7.11 Å². The average molecular weight is 467 g/mol. The summed E-state index contributed by atoms with van der Waals surface area (Å²) in [6.07, 6.45) is -1.62. The van der Waals surface area contributed by atoms with E-state index in [0.29, 0.717) is 0 Å². The number of hydrogen-bond acceptors (Lipinski definition) is 8. The van der Waals surface area contributed by atoms with Gasteiger partial charge in [-0.25, -0.2) is 0 Å². The van der Waals surface area contributed by atoms with Crippen LogP contribution in [-0.4, -0.2) is 100 Å². The minimum absolute atomic E-state index is 0. The molecule has 14 heteroatoms. The van der Waals surface area contributed by atoms with Crippen molar-refractivity contribution in [2.75, 3.05) is 48.4 Å². The molecule has 0 saturated heterocycles. The molecule has 0 bridgehead atoms. The van der Waals surface area contributed by atoms with Crippen LogP contribution in [0.4, 0.5) is 0 Å². The largest absolute Gasteiger partial charge is 0.400 e. The van der Waals surface area contributed by atoms with E-state index >= 15 is 0 Å². The summed E-state index contributed by atoms with van der Waals surface area (Å²) in [5.74, 6) is -2.71. The van der Waals surface area contributed by atoms with Crippen LogP contribution in [0.5, 0.6) is 0 Å². The third-order valence-electron chi connectivity index (χ3n) is 3.23. The zero-order chi connectivity index (χ0) is 24.8. The first-order valence-electron chi connectivity index (χ1n) is 9.13. The Kier molecular flexibility index (Phi) is 27.1. The number of aliphatic hydroxyl groups excluding tert-OH is 2. The van der Waals surface area contributed by atoms with Crippen molar-refractivity contribution in [3.8, 4) is 0 Å². The molecule has 0 aliphatic rings. The highest BCUT2D eigenvalue weighted by atomic mass is 16.3. The Bertz CT molecular complexity index is 586. The maximum absolute atomic E-state index is 11.1. The molecule has 32 heavy (non-hydrogen) atoms. The summed E-state index contributed by atoms with van der Waals surface area (Å²) in [7, 11) is 6.77. The van der Waals surface area contributed by atoms with Gasteiger partial charge in [-0.2, -0.15) is 0 Å². The number of amides is 6. The minimum Gasteiger partial charge on any atom is -0.400 e. The molecule has 8 N–H and O–H groups in total. The zero-order valence-electron chi connectivity index (χ0n) is 18.5. The summed E-state index contributed by atoms with van der Waals surface area (Å²) < 4.78 is 0. The Morgan fingerprint density at radius 2 is 1.03 bits per heavy atom. The summed E-state index contributed by atoms with van der Waals surface area (Å²) in [6, 6.07) is 0. The van der Waals surface area contributed by atoms with Gasteiger partial charge in [0.2, 0.25) is 29.7 Å². The van der Waals surface area contributed by atoms with E-state index in [-0.39, 0.29) is 63.4 Å². The van der Waals surface area contributed by atoms with Gasteiger partial charge in [-0.3, -0.25) is 28.8 Å². The highest BCUT2D eigenvalue weighted by Gasteiger charge is 2.21. The van der Waals surface area contributed by atoms with E-state index in [1.807, 2.05) is 0 Å². The fourth-order valence-electron chi connectivity index (χ4n) is 1.51. The van der Waals surface area contributed by atoms with Crippen molar-refractivity contribution in [3.05, 3.63) is 0 Å². The lowest BCUT2D eigenvalue weighted by atomic mass is 10.3. The first kappa shape index (κ1) is 36.1. The standard InChI is InChI=1S/C8H15N3O4.C8H15N3O3.CH4O.CH4/c1-9-5(12)3-4-11-8(15)6(13)7(14)10-2;1-9-6(12)3-4-11-8(14)5-7(13)10-2;1-2;/h6,13H,3-4H2,1-2H3,(H,9,12)(H,10,14)(H,11,15);3-5H2,1-2H3,(H,9,12)(H,10,13)(H,11,14);2H,1H3;1H4. The van der Waals surface area contributed by atoms with E-state index in [4.69, 9.17) is 10.2 Å². The fourth-order valence-corrected chi connectivity index (χ4v) is 1.51. The molecule has 0 heterocycles. The average Bonchev–Trinajstić information content (AvgIpc) is 2.78. The monoisotopic (exact) mass is 466 g/mol. The molecule has 0 aliphatic carbocycles. The highest BCUT2D eigenvalue weighted by molar-refractivity contribution is 6.02. The van der Waals surface area contributed by atoms with Gasteiger partial charge in [0.15, 0.2) is 0 Å². The Hall–Kier alpha value is -3.26. The van der Waals surface area contributed by atoms with Crippen LogP contribution in [0.15, 0.2) is 0 Å². The topological polar surface area (TPSA) is 215 Å². The van der Waals surface area contributed by atoms with E-state index < -0.39 is 17.9 Å². The molecule has 0 rings (SSSR count). The first-order chi connectivity index (χ1) is 14.6. The molecule has 0 spiro atoms. The zero-order valence-corrected chi connectivity index (χ0v) is 18.5. The third-order valence-corrected chi connectivity index (χ3v) is 3.23. The molecule has 0 aliphatic heterocycles. The second-order valence-corrected chi connectivity index (χ2v) is 5.35. The summed E-state index contributed by atoms with van der Waals surface area (Å²) in [6.45, 7) is 0.321. The van der Waals surface area contributed by atoms with Crippen molar-refractivity contribution in [1.82, 2.24) is 31.9 Å². The van der Waals surface area contributed by atoms with Gasteiger partial charge in [-0.1, -0.05) is 7.43 Å². The van der Waals surface area contributed by atoms with Crippen LogP contribution in [0.1, 0.15) is 26.7 Å². The van der Waals surface area contributed by atoms with Crippen LogP contribution in [0.3, 0.4) is 0 Å². The quantitative estimate of drug-likeness (QED) is 0.148. The van der Waals surface area contributed by atoms with Crippen LogP contribution in [0.25, 0.3) is 0 Å². The van der Waals surface area contributed by atoms with Gasteiger partial charge in [0.1, 0.15) is 6.42 Å². The molecular weight excluding hydrogens is 428 g/mol. The molecule has 0 aromatic rings. The van der Waals surface area contributed by atoms with E-state index in [2.05, 4.69) is 31.9 Å². The van der Waals surface area contributed by atoms with Gasteiger partial charge in [-0.15, -0.1) is 0 Å². The summed E-state index contributed by atoms with van der Waals surface area (Å²) in [5.41, 5.74) is 0. The normalized spacial score (nSPS) is 9.47. The number of nitrogens with one attached hydrogen (secondary N) is 6. The Morgan fingerprint density at radius 3 is 1.41 bits per heavy atom. The summed E-state index contributed by atoms with van der Waals surface area (Å²) in [4.78, 5) is 65.0. The summed E-state index contributed by atoms with van der Waals surface area (Å²) >= 11 is 0. The molecule has 14 nitrogen and oxygen atoms in total. The van der Waals surface area contributed by atoms with Crippen LogP contribution in [0.2, 0.25) is 0 Å². The molecule has 0 radical (unpaired) electrons. The molecule has 0 saturated carbocycles. The Morgan fingerprint density at radius 1 is 0.625 bits per heavy atom. The van der Waals surface area contributed by atoms with Crippen LogP contribution in [0, 0.1) is 0 Å². The van der Waals surface area contributed by atoms with Gasteiger partial charge in [0.25, 0.3) is 11.8 Å². The molecule has 6 amide bonds. The maximum atomic E-state index is 11.1. The number of carbonyl (C=O) groups excluding carboxylic acids is 6. The first-order valence-corrected chi connectivity index (χ1v) is 9.13. The lowest BCUT2D eigenvalue weighted by Crippen LogP contribution is -2.45. The molecular formula is C18H38N6O8. The van der Waals surface area contributed by atoms with Crippen LogP contribution in [-0.2, 0) is 28.8 Å². The number of hydrogen-bond donors (Lipinski definition) is 8.